The van der Waals surface area contributed by atoms with Gasteiger partial charge in [-0.2, -0.15) is 0 Å². The van der Waals surface area contributed by atoms with Crippen molar-refractivity contribution in [2.24, 2.45) is 320 Å². The van der Waals surface area contributed by atoms with Crippen molar-refractivity contribution in [1.82, 2.24) is 0 Å². The predicted molar refractivity (Wildman–Crippen MR) is 615 cm³/mol. The van der Waals surface area contributed by atoms with Crippen LogP contribution in [0.15, 0.2) is 182 Å². The van der Waals surface area contributed by atoms with Crippen molar-refractivity contribution < 1.29 is 0 Å². The van der Waals surface area contributed by atoms with E-state index in [1.165, 1.54) is 99.3 Å². The summed E-state index contributed by atoms with van der Waals surface area (Å²) in [5, 5.41) is 0. The quantitative estimate of drug-likeness (QED) is 0.156. The maximum absolute atomic E-state index is 2.95. The average molecular weight is 2000 g/mol. The van der Waals surface area contributed by atoms with Crippen LogP contribution in [0.4, 0.5) is 0 Å². The van der Waals surface area contributed by atoms with Gasteiger partial charge in [0.1, 0.15) is 0 Å². The van der Waals surface area contributed by atoms with Crippen molar-refractivity contribution in [3.05, 3.63) is 232 Å². The first-order valence-electron chi connectivity index (χ1n) is 68.1. The molecule has 0 nitrogen and oxygen atoms in total. The summed E-state index contributed by atoms with van der Waals surface area (Å²) in [4.78, 5) is 0. The van der Waals surface area contributed by atoms with Crippen molar-refractivity contribution in [3.63, 3.8) is 0 Å². The fraction of sp³-hybridized carbons (Fsp3) is 0.720. The molecule has 30 aliphatic rings. The van der Waals surface area contributed by atoms with Gasteiger partial charge >= 0.3 is 0 Å². The molecule has 54 unspecified atom stereocenters. The lowest BCUT2D eigenvalue weighted by molar-refractivity contribution is -0.0610. The zero-order chi connectivity index (χ0) is 97.5. The molecule has 6 aromatic rings. The number of hydrogen-bond donors (Lipinski definition) is 0. The Morgan fingerprint density at radius 1 is 0.127 bits per heavy atom. The van der Waals surface area contributed by atoms with Gasteiger partial charge in [0.25, 0.3) is 0 Å². The summed E-state index contributed by atoms with van der Waals surface area (Å²) >= 11 is 0. The van der Waals surface area contributed by atoms with Crippen LogP contribution in [-0.4, -0.2) is 0 Å². The van der Waals surface area contributed by atoms with Crippen LogP contribution in [0.5, 0.6) is 0 Å². The minimum absolute atomic E-state index is 0.727. The van der Waals surface area contributed by atoms with Crippen LogP contribution in [0, 0.1) is 320 Å². The van der Waals surface area contributed by atoms with E-state index in [4.69, 9.17) is 0 Å². The van der Waals surface area contributed by atoms with Gasteiger partial charge in [-0.3, -0.25) is 0 Å². The van der Waals surface area contributed by atoms with Gasteiger partial charge in [0.15, 0.2) is 0 Å². The minimum Gasteiger partial charge on any atom is -0.0723 e. The number of allylic oxidation sites excluding steroid dienone is 3. The van der Waals surface area contributed by atoms with E-state index in [2.05, 4.69) is 182 Å². The van der Waals surface area contributed by atoms with E-state index in [-0.39, 0.29) is 0 Å². The Morgan fingerprint density at radius 3 is 0.740 bits per heavy atom. The molecule has 0 N–H and O–H groups in total. The van der Waals surface area contributed by atoms with Crippen molar-refractivity contribution in [2.45, 2.75) is 347 Å². The first kappa shape index (κ1) is 94.5. The van der Waals surface area contributed by atoms with E-state index in [9.17, 15) is 0 Å². The molecule has 0 radical (unpaired) electrons. The Kier molecular flexibility index (Phi) is 24.0. The molecule has 792 valence electrons. The largest absolute Gasteiger partial charge is 0.0723 e. The zero-order valence-electron chi connectivity index (χ0n) is 92.7. The second kappa shape index (κ2) is 38.1. The smallest absolute Gasteiger partial charge is 0.0146 e. The summed E-state index contributed by atoms with van der Waals surface area (Å²) in [7, 11) is 0. The fourth-order valence-corrected chi connectivity index (χ4v) is 56.3. The van der Waals surface area contributed by atoms with Gasteiger partial charge < -0.3 is 0 Å². The zero-order valence-corrected chi connectivity index (χ0v) is 92.7. The molecule has 0 saturated heterocycles. The summed E-state index contributed by atoms with van der Waals surface area (Å²) in [5.74, 6) is 56.7. The van der Waals surface area contributed by atoms with Gasteiger partial charge in [-0.05, 0) is 566 Å². The highest BCUT2D eigenvalue weighted by atomic mass is 14.8. The fourth-order valence-electron chi connectivity index (χ4n) is 56.3. The normalized spacial score (nSPS) is 51.1. The van der Waals surface area contributed by atoms with E-state index in [1.807, 2.05) is 0 Å². The predicted octanol–water partition coefficient (Wildman–Crippen LogP) is 37.6. The maximum Gasteiger partial charge on any atom is -0.0146 e. The van der Waals surface area contributed by atoms with Crippen LogP contribution in [0.3, 0.4) is 0 Å². The second-order valence-corrected chi connectivity index (χ2v) is 61.8. The maximum atomic E-state index is 2.95. The molecule has 150 heavy (non-hydrogen) atoms. The topological polar surface area (TPSA) is 0 Å². The Hall–Kier alpha value is -5.46. The molecule has 0 aliphatic heterocycles. The molecule has 0 heterocycles. The highest BCUT2D eigenvalue weighted by Crippen LogP contribution is 2.83. The molecule has 27 fully saturated rings. The lowest BCUT2D eigenvalue weighted by Gasteiger charge is -2.54. The number of rotatable bonds is 6. The molecule has 6 aromatic carbocycles. The highest BCUT2D eigenvalue weighted by molar-refractivity contribution is 5.85. The molecular formula is C150H192. The Morgan fingerprint density at radius 2 is 0.340 bits per heavy atom. The van der Waals surface area contributed by atoms with Crippen molar-refractivity contribution >= 4 is 16.7 Å². The molecule has 0 heteroatoms. The third kappa shape index (κ3) is 14.5. The second-order valence-electron chi connectivity index (χ2n) is 61.8. The van der Waals surface area contributed by atoms with Crippen LogP contribution in [-0.2, 0) is 19.3 Å². The van der Waals surface area contributed by atoms with E-state index in [0.29, 0.717) is 0 Å². The Labute approximate surface area is 908 Å². The molecule has 54 atom stereocenters. The van der Waals surface area contributed by atoms with Gasteiger partial charge in [-0.1, -0.05) is 349 Å². The van der Waals surface area contributed by atoms with Gasteiger partial charge in [0, 0.05) is 0 Å². The number of benzene rings is 6. The first-order valence-corrected chi connectivity index (χ1v) is 68.1. The first-order chi connectivity index (χ1) is 74.5. The van der Waals surface area contributed by atoms with E-state index >= 15 is 0 Å². The molecule has 27 saturated carbocycles. The summed E-state index contributed by atoms with van der Waals surface area (Å²) in [5.41, 5.74) is 18.7. The molecule has 0 spiro atoms. The van der Waals surface area contributed by atoms with Gasteiger partial charge in [0.05, 0.1) is 0 Å². The standard InChI is InChI=1S/3C50H64/c1-2-12-29(13-3-1)42-28-33(26-31-15-5-7-17-34(31)42)44-39-22-10-21-38-37-20-11-23-40-45-35-18-8-4-14-30(35)24-25-41(45)48(46(37)40)43-27-32-16-6-9-19-36(32)49(44)50(43)47(38)39;1-2-13-29(14-3-1)41-28-33(25-30-15-4-7-18-34(30)41)44-42-26-31-16-5-8-19-35(31)45-40-24-12-23-39-37-21-10-11-22-38(37)47(46(39)40)43-27-32-17-6-9-20-36(32)48(44)50(43)49(42)45;1-2-13-29(14-3-1)41-28-33(25-30-15-4-7-18-34(30)41)44-47-35-19-8-5-16-31(35)26-42-40-24-12-23-39-37-21-10-11-22-38(37)46(45(39)40)43-27-32-17-6-9-20-36(32)48(44)50(43)49(42)47/h1-3,5,7,12-13,15,17,28,30,32-33,35-41,43-50H,4,6,8-11,14,16,18-27H2;2*1-4,7,13-15,18,28,31-33,35-40,42-50H,5-6,8-12,16-17,19-27H2. The van der Waals surface area contributed by atoms with Crippen LogP contribution >= 0.6 is 0 Å². The van der Waals surface area contributed by atoms with Gasteiger partial charge in [-0.15, -0.1) is 0 Å². The summed E-state index contributed by atoms with van der Waals surface area (Å²) in [6, 6.07) is 63.9. The summed E-state index contributed by atoms with van der Waals surface area (Å²) in [6.45, 7) is 0. The van der Waals surface area contributed by atoms with E-state index in [0.717, 1.165) is 320 Å². The van der Waals surface area contributed by atoms with Crippen LogP contribution in [0.1, 0.15) is 378 Å². The van der Waals surface area contributed by atoms with Gasteiger partial charge in [-0.25, -0.2) is 0 Å². The summed E-state index contributed by atoms with van der Waals surface area (Å²) in [6.07, 6.45) is 93.7. The van der Waals surface area contributed by atoms with Crippen molar-refractivity contribution in [1.29, 1.82) is 0 Å². The molecular weight excluding hydrogens is 1800 g/mol. The van der Waals surface area contributed by atoms with E-state index < -0.39 is 0 Å². The van der Waals surface area contributed by atoms with Crippen LogP contribution < -0.4 is 0 Å². The van der Waals surface area contributed by atoms with Crippen molar-refractivity contribution in [3.8, 4) is 0 Å². The molecule has 36 rings (SSSR count). The minimum atomic E-state index is 0.727. The Balaban J connectivity index is 0.0000000957. The number of hydrogen-bond acceptors (Lipinski definition) is 0. The third-order valence-corrected chi connectivity index (χ3v) is 58.5. The van der Waals surface area contributed by atoms with E-state index in [1.54, 1.807) is 314 Å². The van der Waals surface area contributed by atoms with Crippen LogP contribution in [0.25, 0.3) is 16.7 Å². The van der Waals surface area contributed by atoms with Crippen molar-refractivity contribution in [2.75, 3.05) is 0 Å². The third-order valence-electron chi connectivity index (χ3n) is 58.5. The van der Waals surface area contributed by atoms with Crippen LogP contribution in [0.2, 0.25) is 0 Å². The number of fused-ring (bicyclic) bond motifs is 30. The van der Waals surface area contributed by atoms with Gasteiger partial charge in [0.2, 0.25) is 0 Å². The lowest BCUT2D eigenvalue weighted by Crippen LogP contribution is -2.48. The average Bonchev–Trinajstić information content (AvgIpc) is 1.53. The molecule has 0 bridgehead atoms. The molecule has 30 aliphatic carbocycles. The SMILES string of the molecule is C1=C(c2ccccc2)c2ccccc2CC1C1C2C3CCCCC3CC3C4CCCC5C6CCCCC6C(C6CC7CCCCC7C1C6C32)C54.C1=C(c2ccccc2)c2ccccc2CC1C1C2CC3CCCCC3C3C4CCCC5C6CCCCC6C(C6CC7CCCCC7C1C6C23)C54.C1=C(c2ccccc2)c2ccccc2CC1C1C2CCCC3C4CCCC5C6C7CCCCC7CCC6C(C6CC7CCCCC7C1C6C32)C45. The molecule has 0 aromatic heterocycles. The molecule has 0 amide bonds. The highest BCUT2D eigenvalue weighted by Gasteiger charge is 2.77. The summed E-state index contributed by atoms with van der Waals surface area (Å²) < 4.78 is 0. The monoisotopic (exact) mass is 1990 g/mol. The lowest BCUT2D eigenvalue weighted by atomic mass is 9.50. The Bertz CT molecular complexity index is 5990.